The third kappa shape index (κ3) is 6.90. The molecule has 35 heavy (non-hydrogen) atoms. The predicted molar refractivity (Wildman–Crippen MR) is 136 cm³/mol. The first-order valence-corrected chi connectivity index (χ1v) is 11.8. The third-order valence-corrected chi connectivity index (χ3v) is 5.69. The van der Waals surface area contributed by atoms with Gasteiger partial charge in [-0.2, -0.15) is 0 Å². The number of amides is 2. The zero-order valence-corrected chi connectivity index (χ0v) is 20.2. The van der Waals surface area contributed by atoms with Gasteiger partial charge >= 0.3 is 0 Å². The molecular weight excluding hydrogens is 468 g/mol. The number of fused-ring (bicyclic) bond motifs is 1. The van der Waals surface area contributed by atoms with Gasteiger partial charge in [0.05, 0.1) is 12.3 Å². The fourth-order valence-corrected chi connectivity index (χ4v) is 3.72. The van der Waals surface area contributed by atoms with Crippen LogP contribution in [0.3, 0.4) is 0 Å². The van der Waals surface area contributed by atoms with E-state index in [1.165, 1.54) is 5.56 Å². The van der Waals surface area contributed by atoms with E-state index in [4.69, 9.17) is 25.8 Å². The number of rotatable bonds is 10. The van der Waals surface area contributed by atoms with Crippen LogP contribution < -0.4 is 24.4 Å². The summed E-state index contributed by atoms with van der Waals surface area (Å²) >= 11 is 5.86. The topological polar surface area (TPSA) is 77.1 Å². The normalized spacial score (nSPS) is 12.5. The number of hydrogen-bond acceptors (Lipinski definition) is 5. The third-order valence-electron chi connectivity index (χ3n) is 5.44. The van der Waals surface area contributed by atoms with Crippen LogP contribution in [0.4, 0.5) is 11.4 Å². The summed E-state index contributed by atoms with van der Waals surface area (Å²) in [7, 11) is 0. The Kier molecular flexibility index (Phi) is 8.11. The summed E-state index contributed by atoms with van der Waals surface area (Å²) in [6.07, 6.45) is 1.56. The Hall–Kier alpha value is -3.71. The first kappa shape index (κ1) is 24.4. The maximum atomic E-state index is 12.5. The molecule has 1 aliphatic heterocycles. The molecule has 0 aliphatic carbocycles. The van der Waals surface area contributed by atoms with E-state index in [1.54, 1.807) is 47.4 Å². The Morgan fingerprint density at radius 2 is 1.71 bits per heavy atom. The fourth-order valence-electron chi connectivity index (χ4n) is 3.60. The van der Waals surface area contributed by atoms with E-state index in [0.717, 1.165) is 18.6 Å². The molecule has 0 unspecified atom stereocenters. The molecule has 0 bridgehead atoms. The van der Waals surface area contributed by atoms with Gasteiger partial charge < -0.3 is 24.4 Å². The van der Waals surface area contributed by atoms with Gasteiger partial charge in [0.15, 0.2) is 13.2 Å². The number of benzene rings is 3. The van der Waals surface area contributed by atoms with Crippen LogP contribution in [0, 0.1) is 6.92 Å². The van der Waals surface area contributed by atoms with Crippen molar-refractivity contribution in [1.29, 1.82) is 0 Å². The van der Waals surface area contributed by atoms with Gasteiger partial charge in [-0.05, 0) is 74.4 Å². The number of aryl methyl sites for hydroxylation is 1. The smallest absolute Gasteiger partial charge is 0.265 e. The van der Waals surface area contributed by atoms with E-state index in [9.17, 15) is 9.59 Å². The first-order chi connectivity index (χ1) is 17.0. The van der Waals surface area contributed by atoms with Gasteiger partial charge in [0.1, 0.15) is 17.2 Å². The molecule has 1 N–H and O–H groups in total. The number of nitrogens with one attached hydrogen (secondary N) is 1. The largest absolute Gasteiger partial charge is 0.494 e. The average Bonchev–Trinajstić information content (AvgIpc) is 2.86. The fraction of sp³-hybridized carbons (Fsp3) is 0.259. The molecule has 0 aromatic heterocycles. The number of unbranched alkanes of at least 4 members (excludes halogenated alkanes) is 1. The maximum Gasteiger partial charge on any atom is 0.265 e. The van der Waals surface area contributed by atoms with E-state index in [2.05, 4.69) is 5.32 Å². The number of hydrogen-bond donors (Lipinski definition) is 1. The van der Waals surface area contributed by atoms with Crippen molar-refractivity contribution in [3.8, 4) is 17.2 Å². The highest BCUT2D eigenvalue weighted by Crippen LogP contribution is 2.34. The number of carbonyl (C=O) groups excluding carboxylic acids is 2. The second kappa shape index (κ2) is 11.6. The van der Waals surface area contributed by atoms with Crippen LogP contribution in [-0.2, 0) is 9.59 Å². The zero-order chi connectivity index (χ0) is 24.6. The van der Waals surface area contributed by atoms with Gasteiger partial charge in [-0.25, -0.2) is 0 Å². The van der Waals surface area contributed by atoms with E-state index in [1.807, 2.05) is 31.2 Å². The lowest BCUT2D eigenvalue weighted by Crippen LogP contribution is -2.39. The lowest BCUT2D eigenvalue weighted by atomic mass is 10.2. The molecule has 1 heterocycles. The summed E-state index contributed by atoms with van der Waals surface area (Å²) in [5.74, 6) is 1.56. The monoisotopic (exact) mass is 494 g/mol. The molecule has 0 radical (unpaired) electrons. The molecule has 3 aromatic carbocycles. The van der Waals surface area contributed by atoms with Crippen molar-refractivity contribution in [3.05, 3.63) is 77.3 Å². The van der Waals surface area contributed by atoms with Gasteiger partial charge in [0, 0.05) is 17.3 Å². The van der Waals surface area contributed by atoms with E-state index >= 15 is 0 Å². The summed E-state index contributed by atoms with van der Waals surface area (Å²) in [6.45, 7) is 2.97. The Morgan fingerprint density at radius 1 is 1.00 bits per heavy atom. The van der Waals surface area contributed by atoms with E-state index < -0.39 is 0 Å². The summed E-state index contributed by atoms with van der Waals surface area (Å²) in [6, 6.07) is 19.9. The maximum absolute atomic E-state index is 12.5. The molecule has 8 heteroatoms. The Balaban J connectivity index is 1.30. The number of nitrogens with zero attached hydrogens (tertiary/aromatic N) is 1. The van der Waals surface area contributed by atoms with Crippen molar-refractivity contribution in [1.82, 2.24) is 0 Å². The highest BCUT2D eigenvalue weighted by atomic mass is 35.5. The highest BCUT2D eigenvalue weighted by Gasteiger charge is 2.25. The Morgan fingerprint density at radius 3 is 2.49 bits per heavy atom. The van der Waals surface area contributed by atoms with E-state index in [-0.39, 0.29) is 25.0 Å². The molecule has 3 aromatic rings. The van der Waals surface area contributed by atoms with Crippen LogP contribution in [0.5, 0.6) is 17.2 Å². The lowest BCUT2D eigenvalue weighted by molar-refractivity contribution is -0.121. The van der Waals surface area contributed by atoms with Gasteiger partial charge in [-0.3, -0.25) is 9.59 Å². The van der Waals surface area contributed by atoms with Crippen LogP contribution in [-0.4, -0.2) is 38.2 Å². The van der Waals surface area contributed by atoms with Crippen molar-refractivity contribution < 1.29 is 23.8 Å². The summed E-state index contributed by atoms with van der Waals surface area (Å²) in [5, 5.41) is 3.40. The molecule has 2 amide bonds. The zero-order valence-electron chi connectivity index (χ0n) is 19.5. The van der Waals surface area contributed by atoms with Crippen molar-refractivity contribution in [3.63, 3.8) is 0 Å². The molecule has 0 saturated carbocycles. The molecule has 0 fully saturated rings. The minimum Gasteiger partial charge on any atom is -0.494 e. The van der Waals surface area contributed by atoms with Crippen LogP contribution in [0.2, 0.25) is 5.02 Å². The first-order valence-electron chi connectivity index (χ1n) is 11.4. The molecule has 4 rings (SSSR count). The van der Waals surface area contributed by atoms with Crippen LogP contribution in [0.15, 0.2) is 66.7 Å². The average molecular weight is 495 g/mol. The van der Waals surface area contributed by atoms with Crippen LogP contribution in [0.25, 0.3) is 0 Å². The second-order valence-corrected chi connectivity index (χ2v) is 8.61. The number of carbonyl (C=O) groups is 2. The van der Waals surface area contributed by atoms with Crippen molar-refractivity contribution in [2.75, 3.05) is 36.6 Å². The van der Waals surface area contributed by atoms with Gasteiger partial charge in [0.25, 0.3) is 11.8 Å². The second-order valence-electron chi connectivity index (χ2n) is 8.18. The molecule has 7 nitrogen and oxygen atoms in total. The minimum atomic E-state index is -0.317. The molecular formula is C27H27ClN2O5. The SMILES string of the molecule is Cc1ccc(OCCCCN2C(=O)COc3ccc(NC(=O)COc4ccc(Cl)cc4)cc32)cc1. The standard InChI is InChI=1S/C27H27ClN2O5/c1-19-4-9-22(10-5-19)33-15-3-2-14-30-24-16-21(8-13-25(24)35-18-27(30)32)29-26(31)17-34-23-11-6-20(28)7-12-23/h4-13,16H,2-3,14-15,17-18H2,1H3,(H,29,31). The van der Waals surface area contributed by atoms with Crippen LogP contribution >= 0.6 is 11.6 Å². The quantitative estimate of drug-likeness (QED) is 0.389. The van der Waals surface area contributed by atoms with Crippen LogP contribution in [0.1, 0.15) is 18.4 Å². The predicted octanol–water partition coefficient (Wildman–Crippen LogP) is 5.25. The minimum absolute atomic E-state index is 0.00644. The Bertz CT molecular complexity index is 1170. The van der Waals surface area contributed by atoms with Crippen molar-refractivity contribution in [2.45, 2.75) is 19.8 Å². The number of anilines is 2. The number of halogens is 1. The lowest BCUT2D eigenvalue weighted by Gasteiger charge is -2.30. The number of ether oxygens (including phenoxy) is 3. The summed E-state index contributed by atoms with van der Waals surface area (Å²) < 4.78 is 16.8. The highest BCUT2D eigenvalue weighted by molar-refractivity contribution is 6.30. The molecule has 0 saturated heterocycles. The van der Waals surface area contributed by atoms with Crippen molar-refractivity contribution in [2.24, 2.45) is 0 Å². The van der Waals surface area contributed by atoms with Gasteiger partial charge in [0.2, 0.25) is 0 Å². The van der Waals surface area contributed by atoms with Gasteiger partial charge in [-0.1, -0.05) is 29.3 Å². The van der Waals surface area contributed by atoms with Gasteiger partial charge in [-0.15, -0.1) is 0 Å². The summed E-state index contributed by atoms with van der Waals surface area (Å²) in [4.78, 5) is 26.6. The summed E-state index contributed by atoms with van der Waals surface area (Å²) in [5.41, 5.74) is 2.38. The molecule has 0 atom stereocenters. The molecule has 1 aliphatic rings. The molecule has 182 valence electrons. The van der Waals surface area contributed by atoms with Crippen molar-refractivity contribution >= 4 is 34.8 Å². The molecule has 0 spiro atoms. The van der Waals surface area contributed by atoms with E-state index in [0.29, 0.717) is 41.0 Å². The Labute approximate surface area is 209 Å².